The number of rotatable bonds is 6. The van der Waals surface area contributed by atoms with E-state index in [1.165, 1.54) is 0 Å². The first kappa shape index (κ1) is 25.2. The van der Waals surface area contributed by atoms with Crippen LogP contribution in [-0.2, 0) is 4.79 Å². The molecule has 2 fully saturated rings. The number of aliphatic hydroxyl groups excluding tert-OH is 1. The fraction of sp³-hybridized carbons (Fsp3) is 0.667. The molecule has 1 aromatic carbocycles. The number of amides is 2. The van der Waals surface area contributed by atoms with E-state index in [0.717, 1.165) is 25.7 Å². The summed E-state index contributed by atoms with van der Waals surface area (Å²) < 4.78 is 0. The maximum atomic E-state index is 13.0. The average Bonchev–Trinajstić information content (AvgIpc) is 2.81. The van der Waals surface area contributed by atoms with Gasteiger partial charge in [-0.1, -0.05) is 20.8 Å². The molecule has 7 atom stereocenters. The number of nitrogens with one attached hydrogen (secondary N) is 1. The highest BCUT2D eigenvalue weighted by Crippen LogP contribution is 2.55. The zero-order valence-electron chi connectivity index (χ0n) is 20.7. The van der Waals surface area contributed by atoms with Crippen molar-refractivity contribution >= 4 is 11.8 Å². The van der Waals surface area contributed by atoms with E-state index in [-0.39, 0.29) is 46.9 Å². The van der Waals surface area contributed by atoms with Crippen LogP contribution in [0.1, 0.15) is 76.2 Å². The standard InChI is InChI=1S/C27H39N3O3/c1-6-30(7-2)26(33)17(3)21-12-14-27(5)15-13-22(18(4)23(27)24(21)31)29-25(32)20-10-8-19(16-28)9-11-20/h8-11,17-18,21-24,31H,6-7,12-15H2,1-5H3,(H,29,32)/t17-,18+,21-,22-,23+,24-,27-/m0/s1. The molecule has 0 radical (unpaired) electrons. The van der Waals surface area contributed by atoms with Gasteiger partial charge in [0.25, 0.3) is 5.91 Å². The summed E-state index contributed by atoms with van der Waals surface area (Å²) in [6.45, 7) is 11.7. The molecule has 33 heavy (non-hydrogen) atoms. The number of nitrogens with zero attached hydrogens (tertiary/aromatic N) is 2. The van der Waals surface area contributed by atoms with E-state index in [4.69, 9.17) is 5.26 Å². The van der Waals surface area contributed by atoms with Crippen molar-refractivity contribution in [3.05, 3.63) is 35.4 Å². The Bertz CT molecular complexity index is 889. The molecule has 2 amide bonds. The minimum absolute atomic E-state index is 0.0168. The molecule has 2 aliphatic carbocycles. The van der Waals surface area contributed by atoms with Gasteiger partial charge in [0.05, 0.1) is 17.7 Å². The molecule has 2 aliphatic rings. The van der Waals surface area contributed by atoms with Gasteiger partial charge in [0.2, 0.25) is 5.91 Å². The van der Waals surface area contributed by atoms with E-state index in [2.05, 4.69) is 25.2 Å². The van der Waals surface area contributed by atoms with Crippen LogP contribution in [-0.4, -0.2) is 47.1 Å². The number of hydrogen-bond acceptors (Lipinski definition) is 4. The predicted octanol–water partition coefficient (Wildman–Crippen LogP) is 3.98. The van der Waals surface area contributed by atoms with Gasteiger partial charge in [-0.05, 0) is 87.0 Å². The van der Waals surface area contributed by atoms with E-state index in [0.29, 0.717) is 24.2 Å². The normalized spacial score (nSPS) is 32.2. The number of nitriles is 1. The molecule has 0 spiro atoms. The summed E-state index contributed by atoms with van der Waals surface area (Å²) in [6, 6.07) is 8.70. The Hall–Kier alpha value is -2.39. The molecule has 2 saturated carbocycles. The Labute approximate surface area is 198 Å². The molecule has 1 aromatic rings. The zero-order valence-corrected chi connectivity index (χ0v) is 20.7. The van der Waals surface area contributed by atoms with Gasteiger partial charge in [-0.3, -0.25) is 9.59 Å². The van der Waals surface area contributed by atoms with Crippen LogP contribution in [0.15, 0.2) is 24.3 Å². The number of carbonyl (C=O) groups is 2. The highest BCUT2D eigenvalue weighted by Gasteiger charge is 2.54. The zero-order chi connectivity index (χ0) is 24.3. The molecular weight excluding hydrogens is 414 g/mol. The van der Waals surface area contributed by atoms with Gasteiger partial charge in [0.1, 0.15) is 0 Å². The van der Waals surface area contributed by atoms with E-state index >= 15 is 0 Å². The second-order valence-corrected chi connectivity index (χ2v) is 10.3. The number of aliphatic hydroxyl groups is 1. The molecule has 0 bridgehead atoms. The van der Waals surface area contributed by atoms with Crippen LogP contribution in [0, 0.1) is 40.4 Å². The lowest BCUT2D eigenvalue weighted by molar-refractivity contribution is -0.149. The molecular formula is C27H39N3O3. The maximum absolute atomic E-state index is 13.0. The Kier molecular flexibility index (Phi) is 7.84. The third kappa shape index (κ3) is 4.94. The molecule has 180 valence electrons. The molecule has 6 nitrogen and oxygen atoms in total. The molecule has 0 heterocycles. The van der Waals surface area contributed by atoms with Crippen LogP contribution in [0.5, 0.6) is 0 Å². The first-order valence-electron chi connectivity index (χ1n) is 12.4. The van der Waals surface area contributed by atoms with Crippen molar-refractivity contribution in [2.24, 2.45) is 29.1 Å². The summed E-state index contributed by atoms with van der Waals surface area (Å²) in [6.07, 6.45) is 3.11. The number of benzene rings is 1. The first-order valence-corrected chi connectivity index (χ1v) is 12.4. The number of fused-ring (bicyclic) bond motifs is 1. The third-order valence-electron chi connectivity index (χ3n) is 8.59. The van der Waals surface area contributed by atoms with Gasteiger partial charge in [0.15, 0.2) is 0 Å². The fourth-order valence-electron chi connectivity index (χ4n) is 6.45. The SMILES string of the molecule is CCN(CC)C(=O)[C@@H](C)[C@@H]1CC[C@@]2(C)CC[C@H](NC(=O)c3ccc(C#N)cc3)[C@@H](C)[C@@H]2[C@H]1O. The Morgan fingerprint density at radius 2 is 1.82 bits per heavy atom. The monoisotopic (exact) mass is 453 g/mol. The van der Waals surface area contributed by atoms with Crippen LogP contribution in [0.25, 0.3) is 0 Å². The van der Waals surface area contributed by atoms with E-state index in [1.54, 1.807) is 24.3 Å². The fourth-order valence-corrected chi connectivity index (χ4v) is 6.45. The summed E-state index contributed by atoms with van der Waals surface area (Å²) in [5.74, 6) is -0.173. The molecule has 3 rings (SSSR count). The quantitative estimate of drug-likeness (QED) is 0.681. The third-order valence-corrected chi connectivity index (χ3v) is 8.59. The van der Waals surface area contributed by atoms with Crippen LogP contribution >= 0.6 is 0 Å². The highest BCUT2D eigenvalue weighted by atomic mass is 16.3. The van der Waals surface area contributed by atoms with Crippen molar-refractivity contribution in [2.75, 3.05) is 13.1 Å². The average molecular weight is 454 g/mol. The first-order chi connectivity index (χ1) is 15.7. The van der Waals surface area contributed by atoms with Crippen molar-refractivity contribution in [3.63, 3.8) is 0 Å². The molecule has 0 aliphatic heterocycles. The Balaban J connectivity index is 1.75. The summed E-state index contributed by atoms with van der Waals surface area (Å²) >= 11 is 0. The second kappa shape index (κ2) is 10.3. The van der Waals surface area contributed by atoms with Crippen molar-refractivity contribution in [2.45, 2.75) is 72.4 Å². The van der Waals surface area contributed by atoms with Gasteiger partial charge in [-0.15, -0.1) is 0 Å². The lowest BCUT2D eigenvalue weighted by Crippen LogP contribution is -2.58. The Morgan fingerprint density at radius 3 is 2.39 bits per heavy atom. The predicted molar refractivity (Wildman–Crippen MR) is 128 cm³/mol. The molecule has 0 unspecified atom stereocenters. The minimum atomic E-state index is -0.567. The second-order valence-electron chi connectivity index (χ2n) is 10.3. The van der Waals surface area contributed by atoms with Crippen molar-refractivity contribution in [3.8, 4) is 6.07 Å². The van der Waals surface area contributed by atoms with Gasteiger partial charge < -0.3 is 15.3 Å². The topological polar surface area (TPSA) is 93.4 Å². The summed E-state index contributed by atoms with van der Waals surface area (Å²) in [4.78, 5) is 27.8. The van der Waals surface area contributed by atoms with Crippen LogP contribution in [0.2, 0.25) is 0 Å². The van der Waals surface area contributed by atoms with E-state index in [9.17, 15) is 14.7 Å². The lowest BCUT2D eigenvalue weighted by Gasteiger charge is -2.56. The van der Waals surface area contributed by atoms with Gasteiger partial charge in [-0.25, -0.2) is 0 Å². The van der Waals surface area contributed by atoms with Gasteiger partial charge >= 0.3 is 0 Å². The van der Waals surface area contributed by atoms with Crippen molar-refractivity contribution < 1.29 is 14.7 Å². The summed E-state index contributed by atoms with van der Waals surface area (Å²) in [5, 5.41) is 23.7. The Morgan fingerprint density at radius 1 is 1.21 bits per heavy atom. The summed E-state index contributed by atoms with van der Waals surface area (Å²) in [5.41, 5.74) is 1.08. The number of hydrogen-bond donors (Lipinski definition) is 2. The molecule has 0 saturated heterocycles. The van der Waals surface area contributed by atoms with Gasteiger partial charge in [-0.2, -0.15) is 5.26 Å². The maximum Gasteiger partial charge on any atom is 0.251 e. The molecule has 2 N–H and O–H groups in total. The largest absolute Gasteiger partial charge is 0.392 e. The van der Waals surface area contributed by atoms with E-state index in [1.807, 2.05) is 25.7 Å². The van der Waals surface area contributed by atoms with Crippen molar-refractivity contribution in [1.29, 1.82) is 5.26 Å². The molecule has 6 heteroatoms. The highest BCUT2D eigenvalue weighted by molar-refractivity contribution is 5.94. The van der Waals surface area contributed by atoms with Crippen LogP contribution in [0.4, 0.5) is 0 Å². The smallest absolute Gasteiger partial charge is 0.251 e. The van der Waals surface area contributed by atoms with E-state index < -0.39 is 6.10 Å². The lowest BCUT2D eigenvalue weighted by atomic mass is 9.51. The minimum Gasteiger partial charge on any atom is -0.392 e. The van der Waals surface area contributed by atoms with Crippen LogP contribution < -0.4 is 5.32 Å². The molecule has 0 aromatic heterocycles. The van der Waals surface area contributed by atoms with Crippen LogP contribution in [0.3, 0.4) is 0 Å². The van der Waals surface area contributed by atoms with Crippen molar-refractivity contribution in [1.82, 2.24) is 10.2 Å². The summed E-state index contributed by atoms with van der Waals surface area (Å²) in [7, 11) is 0. The van der Waals surface area contributed by atoms with Gasteiger partial charge in [0, 0.05) is 30.6 Å². The number of carbonyl (C=O) groups excluding carboxylic acids is 2.